The largest absolute Gasteiger partial charge is 0.465 e. The van der Waals surface area contributed by atoms with Gasteiger partial charge < -0.3 is 15.8 Å². The molecule has 0 atom stereocenters. The fourth-order valence-corrected chi connectivity index (χ4v) is 2.07. The molecule has 0 unspecified atom stereocenters. The van der Waals surface area contributed by atoms with Crippen molar-refractivity contribution in [1.82, 2.24) is 14.8 Å². The van der Waals surface area contributed by atoms with Crippen LogP contribution in [0.3, 0.4) is 0 Å². The first-order valence-corrected chi connectivity index (χ1v) is 6.76. The zero-order chi connectivity index (χ0) is 15.0. The maximum Gasteiger partial charge on any atom is 0.345 e. The highest BCUT2D eigenvalue weighted by molar-refractivity contribution is 6.00. The van der Waals surface area contributed by atoms with Crippen LogP contribution in [0.2, 0.25) is 0 Å². The highest BCUT2D eigenvalue weighted by Gasteiger charge is 2.29. The number of carbonyl (C=O) groups excluding carboxylic acids is 1. The molecule has 2 aromatic rings. The third-order valence-corrected chi connectivity index (χ3v) is 3.35. The number of rotatable bonds is 4. The van der Waals surface area contributed by atoms with Gasteiger partial charge in [0.2, 0.25) is 0 Å². The molecule has 2 aromatic heterocycles. The molecule has 3 rings (SSSR count). The van der Waals surface area contributed by atoms with Gasteiger partial charge in [0.15, 0.2) is 11.6 Å². The molecule has 0 bridgehead atoms. The van der Waals surface area contributed by atoms with Crippen LogP contribution in [-0.4, -0.2) is 33.9 Å². The van der Waals surface area contributed by atoms with Crippen LogP contribution in [0.4, 0.5) is 11.6 Å². The molecule has 0 radical (unpaired) electrons. The number of pyridine rings is 1. The molecule has 0 aromatic carbocycles. The summed E-state index contributed by atoms with van der Waals surface area (Å²) in [4.78, 5) is 16.2. The number of carbonyl (C=O) groups is 1. The summed E-state index contributed by atoms with van der Waals surface area (Å²) in [6, 6.07) is 4.08. The summed E-state index contributed by atoms with van der Waals surface area (Å²) in [6.07, 6.45) is 3.81. The summed E-state index contributed by atoms with van der Waals surface area (Å²) in [5.41, 5.74) is 7.37. The average molecular weight is 287 g/mol. The lowest BCUT2D eigenvalue weighted by Gasteiger charge is -2.04. The number of aryl methyl sites for hydroxylation is 1. The summed E-state index contributed by atoms with van der Waals surface area (Å²) in [5, 5.41) is 7.59. The van der Waals surface area contributed by atoms with Crippen molar-refractivity contribution in [3.8, 4) is 5.82 Å². The molecule has 0 saturated heterocycles. The minimum Gasteiger partial charge on any atom is -0.465 e. The fraction of sp³-hybridized carbons (Fsp3) is 0.357. The molecule has 21 heavy (non-hydrogen) atoms. The second-order valence-corrected chi connectivity index (χ2v) is 5.12. The minimum atomic E-state index is -0.505. The Hall–Kier alpha value is -2.57. The first kappa shape index (κ1) is 13.4. The summed E-state index contributed by atoms with van der Waals surface area (Å²) < 4.78 is 6.26. The minimum absolute atomic E-state index is 0.225. The number of hydrogen-bond donors (Lipinski definition) is 2. The van der Waals surface area contributed by atoms with Gasteiger partial charge in [0.1, 0.15) is 11.4 Å². The van der Waals surface area contributed by atoms with Crippen LogP contribution in [0.5, 0.6) is 0 Å². The van der Waals surface area contributed by atoms with Gasteiger partial charge in [-0.1, -0.05) is 0 Å². The molecule has 1 saturated carbocycles. The highest BCUT2D eigenvalue weighted by atomic mass is 16.5. The van der Waals surface area contributed by atoms with Crippen LogP contribution < -0.4 is 11.1 Å². The van der Waals surface area contributed by atoms with E-state index in [1.54, 1.807) is 6.20 Å². The lowest BCUT2D eigenvalue weighted by Crippen LogP contribution is -2.10. The number of esters is 1. The van der Waals surface area contributed by atoms with E-state index in [-0.39, 0.29) is 11.4 Å². The predicted molar refractivity (Wildman–Crippen MR) is 78.5 cm³/mol. The number of ether oxygens (including phenoxy) is 1. The Kier molecular flexibility index (Phi) is 3.25. The number of anilines is 2. The van der Waals surface area contributed by atoms with Crippen LogP contribution in [-0.2, 0) is 4.74 Å². The number of hydrogen-bond acceptors (Lipinski definition) is 6. The van der Waals surface area contributed by atoms with Gasteiger partial charge in [-0.3, -0.25) is 0 Å². The van der Waals surface area contributed by atoms with Crippen molar-refractivity contribution < 1.29 is 9.53 Å². The third-order valence-electron chi connectivity index (χ3n) is 3.35. The van der Waals surface area contributed by atoms with E-state index in [2.05, 4.69) is 15.4 Å². The quantitative estimate of drug-likeness (QED) is 0.828. The zero-order valence-corrected chi connectivity index (χ0v) is 12.0. The van der Waals surface area contributed by atoms with Gasteiger partial charge in [-0.25, -0.2) is 9.78 Å². The Morgan fingerprint density at radius 3 is 2.90 bits per heavy atom. The summed E-state index contributed by atoms with van der Waals surface area (Å²) in [7, 11) is 1.32. The highest BCUT2D eigenvalue weighted by Crippen LogP contribution is 2.30. The van der Waals surface area contributed by atoms with Crippen LogP contribution in [0, 0.1) is 6.92 Å². The van der Waals surface area contributed by atoms with Crippen molar-refractivity contribution in [2.24, 2.45) is 0 Å². The summed E-state index contributed by atoms with van der Waals surface area (Å²) >= 11 is 0. The second-order valence-electron chi connectivity index (χ2n) is 5.12. The normalized spacial score (nSPS) is 14.0. The topological polar surface area (TPSA) is 95.1 Å². The van der Waals surface area contributed by atoms with E-state index >= 15 is 0 Å². The van der Waals surface area contributed by atoms with E-state index in [1.807, 2.05) is 19.1 Å². The summed E-state index contributed by atoms with van der Waals surface area (Å²) in [5.74, 6) is 0.740. The zero-order valence-electron chi connectivity index (χ0n) is 12.0. The van der Waals surface area contributed by atoms with E-state index in [1.165, 1.54) is 11.8 Å². The molecular weight excluding hydrogens is 270 g/mol. The molecule has 0 amide bonds. The first-order chi connectivity index (χ1) is 10.1. The summed E-state index contributed by atoms with van der Waals surface area (Å²) in [6.45, 7) is 1.95. The number of nitrogens with one attached hydrogen (secondary N) is 1. The van der Waals surface area contributed by atoms with Crippen molar-refractivity contribution in [2.75, 3.05) is 18.2 Å². The van der Waals surface area contributed by atoms with Crippen LogP contribution in [0.25, 0.3) is 5.82 Å². The molecule has 2 heterocycles. The third kappa shape index (κ3) is 2.54. The van der Waals surface area contributed by atoms with E-state index in [0.717, 1.165) is 18.4 Å². The molecule has 110 valence electrons. The Morgan fingerprint density at radius 1 is 1.52 bits per heavy atom. The van der Waals surface area contributed by atoms with Crippen molar-refractivity contribution in [1.29, 1.82) is 0 Å². The average Bonchev–Trinajstić information content (AvgIpc) is 3.21. The molecule has 7 nitrogen and oxygen atoms in total. The molecule has 7 heteroatoms. The van der Waals surface area contributed by atoms with E-state index < -0.39 is 5.97 Å². The van der Waals surface area contributed by atoms with E-state index in [9.17, 15) is 4.79 Å². The maximum absolute atomic E-state index is 12.0. The Bertz CT molecular complexity index is 691. The van der Waals surface area contributed by atoms with Crippen LogP contribution in [0.1, 0.15) is 28.8 Å². The Balaban J connectivity index is 2.08. The van der Waals surface area contributed by atoms with Gasteiger partial charge in [-0.2, -0.15) is 4.68 Å². The Labute approximate surface area is 122 Å². The maximum atomic E-state index is 12.0. The standard InChI is InChI=1S/C14H17N5O2/c1-8-5-6-16-10(7-8)19-12(15)11(14(20)21-2)13(18-19)17-9-3-4-9/h5-7,9H,3-4,15H2,1-2H3,(H,17,18). The van der Waals surface area contributed by atoms with Crippen LogP contribution >= 0.6 is 0 Å². The predicted octanol–water partition coefficient (Wildman–Crippen LogP) is 1.52. The van der Waals surface area contributed by atoms with E-state index in [0.29, 0.717) is 17.7 Å². The fourth-order valence-electron chi connectivity index (χ4n) is 2.07. The molecule has 1 aliphatic carbocycles. The number of aromatic nitrogens is 3. The Morgan fingerprint density at radius 2 is 2.29 bits per heavy atom. The monoisotopic (exact) mass is 287 g/mol. The lowest BCUT2D eigenvalue weighted by atomic mass is 10.3. The number of methoxy groups -OCH3 is 1. The number of nitrogens with zero attached hydrogens (tertiary/aromatic N) is 3. The first-order valence-electron chi connectivity index (χ1n) is 6.76. The second kappa shape index (κ2) is 5.08. The molecule has 1 aliphatic rings. The van der Waals surface area contributed by atoms with Crippen molar-refractivity contribution in [2.45, 2.75) is 25.8 Å². The molecule has 0 spiro atoms. The van der Waals surface area contributed by atoms with Crippen molar-refractivity contribution in [3.63, 3.8) is 0 Å². The lowest BCUT2D eigenvalue weighted by molar-refractivity contribution is 0.0603. The van der Waals surface area contributed by atoms with Gasteiger partial charge in [0.05, 0.1) is 7.11 Å². The van der Waals surface area contributed by atoms with Crippen molar-refractivity contribution in [3.05, 3.63) is 29.5 Å². The molecule has 0 aliphatic heterocycles. The van der Waals surface area contributed by atoms with Gasteiger partial charge in [0.25, 0.3) is 0 Å². The van der Waals surface area contributed by atoms with Gasteiger partial charge in [-0.05, 0) is 37.5 Å². The number of nitrogens with two attached hydrogens (primary N) is 1. The van der Waals surface area contributed by atoms with Crippen LogP contribution in [0.15, 0.2) is 18.3 Å². The van der Waals surface area contributed by atoms with Gasteiger partial charge in [0, 0.05) is 12.2 Å². The molecular formula is C14H17N5O2. The van der Waals surface area contributed by atoms with E-state index in [4.69, 9.17) is 10.5 Å². The SMILES string of the molecule is COC(=O)c1c(NC2CC2)nn(-c2cc(C)ccn2)c1N. The van der Waals surface area contributed by atoms with Crippen molar-refractivity contribution >= 4 is 17.6 Å². The molecule has 3 N–H and O–H groups in total. The molecule has 1 fully saturated rings. The van der Waals surface area contributed by atoms with Gasteiger partial charge >= 0.3 is 5.97 Å². The van der Waals surface area contributed by atoms with Gasteiger partial charge in [-0.15, -0.1) is 5.10 Å². The smallest absolute Gasteiger partial charge is 0.345 e. The number of nitrogen functional groups attached to an aromatic ring is 1.